The number of aliphatic imine (C=N–C) groups is 1. The number of amidine groups is 1. The van der Waals surface area contributed by atoms with Crippen LogP contribution in [0, 0.1) is 6.92 Å². The fourth-order valence-corrected chi connectivity index (χ4v) is 3.66. The van der Waals surface area contributed by atoms with Crippen LogP contribution in [-0.2, 0) is 13.0 Å². The first-order chi connectivity index (χ1) is 16.5. The van der Waals surface area contributed by atoms with Gasteiger partial charge >= 0.3 is 0 Å². The van der Waals surface area contributed by atoms with E-state index in [0.29, 0.717) is 41.8 Å². The molecule has 3 aromatic rings. The summed E-state index contributed by atoms with van der Waals surface area (Å²) in [6, 6.07) is 13.4. The number of benzene rings is 1. The van der Waals surface area contributed by atoms with Crippen molar-refractivity contribution >= 4 is 11.7 Å². The molecule has 1 aliphatic heterocycles. The van der Waals surface area contributed by atoms with Gasteiger partial charge in [0.2, 0.25) is 0 Å². The second-order valence-electron chi connectivity index (χ2n) is 7.83. The van der Waals surface area contributed by atoms with E-state index in [1.807, 2.05) is 61.3 Å². The van der Waals surface area contributed by atoms with E-state index in [1.165, 1.54) is 0 Å². The zero-order valence-corrected chi connectivity index (χ0v) is 20.0. The molecule has 0 saturated heterocycles. The molecule has 3 heterocycles. The Kier molecular flexibility index (Phi) is 7.12. The third-order valence-electron chi connectivity index (χ3n) is 5.29. The van der Waals surface area contributed by atoms with Gasteiger partial charge in [-0.3, -0.25) is 9.98 Å². The smallest absolute Gasteiger partial charge is 0.161 e. The Morgan fingerprint density at radius 1 is 0.941 bits per heavy atom. The lowest BCUT2D eigenvalue weighted by Crippen LogP contribution is -2.41. The van der Waals surface area contributed by atoms with Gasteiger partial charge in [0.25, 0.3) is 0 Å². The van der Waals surface area contributed by atoms with Crippen molar-refractivity contribution in [1.29, 1.82) is 0 Å². The predicted molar refractivity (Wildman–Crippen MR) is 130 cm³/mol. The molecule has 1 atom stereocenters. The number of pyridine rings is 2. The molecule has 34 heavy (non-hydrogen) atoms. The first-order valence-electron chi connectivity index (χ1n) is 10.9. The van der Waals surface area contributed by atoms with Crippen LogP contribution in [0.3, 0.4) is 0 Å². The molecule has 0 saturated carbocycles. The highest BCUT2D eigenvalue weighted by Crippen LogP contribution is 2.29. The number of rotatable bonds is 9. The maximum absolute atomic E-state index is 6.01. The van der Waals surface area contributed by atoms with E-state index in [-0.39, 0.29) is 6.17 Å². The molecule has 1 unspecified atom stereocenters. The molecule has 9 nitrogen and oxygen atoms in total. The third kappa shape index (κ3) is 5.37. The molecule has 4 rings (SSSR count). The Morgan fingerprint density at radius 3 is 2.47 bits per heavy atom. The molecule has 1 N–H and O–H groups in total. The third-order valence-corrected chi connectivity index (χ3v) is 5.29. The lowest BCUT2D eigenvalue weighted by molar-refractivity contribution is 0.300. The Balaban J connectivity index is 1.52. The van der Waals surface area contributed by atoms with E-state index in [4.69, 9.17) is 28.9 Å². The van der Waals surface area contributed by atoms with E-state index in [1.54, 1.807) is 27.5 Å². The first-order valence-corrected chi connectivity index (χ1v) is 10.9. The van der Waals surface area contributed by atoms with Crippen LogP contribution in [0.1, 0.15) is 23.9 Å². The van der Waals surface area contributed by atoms with E-state index in [9.17, 15) is 0 Å². The molecule has 0 amide bonds. The number of ether oxygens (including phenoxy) is 4. The maximum atomic E-state index is 6.01. The van der Waals surface area contributed by atoms with Gasteiger partial charge in [-0.2, -0.15) is 0 Å². The summed E-state index contributed by atoms with van der Waals surface area (Å²) in [5.41, 5.74) is 6.05. The van der Waals surface area contributed by atoms with Crippen LogP contribution in [-0.4, -0.2) is 43.3 Å². The summed E-state index contributed by atoms with van der Waals surface area (Å²) < 4.78 is 22.0. The number of aryl methyl sites for hydroxylation is 1. The number of nitrogens with zero attached hydrogens (tertiary/aromatic N) is 4. The Bertz CT molecular complexity index is 1170. The van der Waals surface area contributed by atoms with E-state index in [2.05, 4.69) is 10.4 Å². The summed E-state index contributed by atoms with van der Waals surface area (Å²) in [5, 5.41) is 1.91. The lowest BCUT2D eigenvalue weighted by atomic mass is 10.1. The van der Waals surface area contributed by atoms with E-state index < -0.39 is 0 Å². The normalized spacial score (nSPS) is 15.1. The van der Waals surface area contributed by atoms with Gasteiger partial charge in [0.15, 0.2) is 17.3 Å². The molecule has 9 heteroatoms. The van der Waals surface area contributed by atoms with Gasteiger partial charge in [-0.25, -0.2) is 15.4 Å². The number of methoxy groups -OCH3 is 3. The quantitative estimate of drug-likeness (QED) is 0.514. The van der Waals surface area contributed by atoms with Gasteiger partial charge in [0.1, 0.15) is 30.1 Å². The standard InChI is InChI=1S/C25H29N5O4/c1-16-10-21(34-15-19-7-8-20(31-3)14-26-19)13-25(27-16)30-24(28-17(2)29-30)12-18-6-9-22(32-4)23(11-18)33-5/h6-11,13-14,17,29H,12,15H2,1-5H3. The predicted octanol–water partition coefficient (Wildman–Crippen LogP) is 3.70. The summed E-state index contributed by atoms with van der Waals surface area (Å²) >= 11 is 0. The fourth-order valence-electron chi connectivity index (χ4n) is 3.66. The minimum atomic E-state index is -0.0784. The van der Waals surface area contributed by atoms with Gasteiger partial charge in [-0.1, -0.05) is 6.07 Å². The highest BCUT2D eigenvalue weighted by molar-refractivity contribution is 5.99. The summed E-state index contributed by atoms with van der Waals surface area (Å²) in [6.07, 6.45) is 2.19. The molecule has 1 aliphatic rings. The maximum Gasteiger partial charge on any atom is 0.161 e. The number of hydrogen-bond acceptors (Lipinski definition) is 9. The Morgan fingerprint density at radius 2 is 1.76 bits per heavy atom. The van der Waals surface area contributed by atoms with Gasteiger partial charge in [0.05, 0.1) is 33.2 Å². The number of aromatic nitrogens is 2. The van der Waals surface area contributed by atoms with Crippen molar-refractivity contribution in [1.82, 2.24) is 15.4 Å². The van der Waals surface area contributed by atoms with Crippen LogP contribution in [0.2, 0.25) is 0 Å². The van der Waals surface area contributed by atoms with Crippen LogP contribution in [0.4, 0.5) is 5.82 Å². The number of hydrazine groups is 1. The van der Waals surface area contributed by atoms with Crippen molar-refractivity contribution in [2.45, 2.75) is 33.0 Å². The largest absolute Gasteiger partial charge is 0.495 e. The molecular formula is C25H29N5O4. The van der Waals surface area contributed by atoms with Crippen molar-refractivity contribution in [3.8, 4) is 23.0 Å². The summed E-state index contributed by atoms with van der Waals surface area (Å²) in [7, 11) is 4.87. The molecule has 0 radical (unpaired) electrons. The van der Waals surface area contributed by atoms with Gasteiger partial charge in [-0.05, 0) is 43.7 Å². The lowest BCUT2D eigenvalue weighted by Gasteiger charge is -2.21. The van der Waals surface area contributed by atoms with Crippen molar-refractivity contribution in [2.75, 3.05) is 26.3 Å². The summed E-state index contributed by atoms with van der Waals surface area (Å²) in [5.74, 6) is 4.34. The van der Waals surface area contributed by atoms with Gasteiger partial charge in [-0.15, -0.1) is 0 Å². The zero-order valence-electron chi connectivity index (χ0n) is 20.0. The second kappa shape index (κ2) is 10.4. The minimum Gasteiger partial charge on any atom is -0.495 e. The number of anilines is 1. The first kappa shape index (κ1) is 23.3. The Hall–Kier alpha value is -3.85. The molecule has 0 spiro atoms. The van der Waals surface area contributed by atoms with E-state index >= 15 is 0 Å². The highest BCUT2D eigenvalue weighted by atomic mass is 16.5. The van der Waals surface area contributed by atoms with E-state index in [0.717, 1.165) is 22.8 Å². The van der Waals surface area contributed by atoms with Crippen molar-refractivity contribution in [3.05, 3.63) is 65.6 Å². The fraction of sp³-hybridized carbons (Fsp3) is 0.320. The summed E-state index contributed by atoms with van der Waals surface area (Å²) in [6.45, 7) is 4.27. The SMILES string of the molecule is COc1ccc(COc2cc(C)nc(N3NC(C)N=C3Cc3ccc(OC)c(OC)c3)c2)nc1. The summed E-state index contributed by atoms with van der Waals surface area (Å²) in [4.78, 5) is 13.8. The molecule has 0 aliphatic carbocycles. The van der Waals surface area contributed by atoms with Crippen molar-refractivity contribution < 1.29 is 18.9 Å². The van der Waals surface area contributed by atoms with Crippen LogP contribution >= 0.6 is 0 Å². The molecular weight excluding hydrogens is 434 g/mol. The van der Waals surface area contributed by atoms with Crippen LogP contribution in [0.25, 0.3) is 0 Å². The average molecular weight is 464 g/mol. The Labute approximate surface area is 199 Å². The van der Waals surface area contributed by atoms with Gasteiger partial charge in [0, 0.05) is 24.2 Å². The van der Waals surface area contributed by atoms with Crippen LogP contribution in [0.15, 0.2) is 53.7 Å². The van der Waals surface area contributed by atoms with Crippen LogP contribution in [0.5, 0.6) is 23.0 Å². The topological polar surface area (TPSA) is 90.3 Å². The zero-order chi connectivity index (χ0) is 24.1. The van der Waals surface area contributed by atoms with Gasteiger partial charge < -0.3 is 18.9 Å². The highest BCUT2D eigenvalue weighted by Gasteiger charge is 2.25. The second-order valence-corrected chi connectivity index (χ2v) is 7.83. The molecule has 0 bridgehead atoms. The number of hydrogen-bond donors (Lipinski definition) is 1. The molecule has 0 fully saturated rings. The average Bonchev–Trinajstić information content (AvgIpc) is 3.22. The number of nitrogens with one attached hydrogen (secondary N) is 1. The van der Waals surface area contributed by atoms with Crippen molar-refractivity contribution in [2.24, 2.45) is 4.99 Å². The minimum absolute atomic E-state index is 0.0784. The molecule has 2 aromatic heterocycles. The van der Waals surface area contributed by atoms with Crippen molar-refractivity contribution in [3.63, 3.8) is 0 Å². The molecule has 1 aromatic carbocycles. The monoisotopic (exact) mass is 463 g/mol. The van der Waals surface area contributed by atoms with Crippen LogP contribution < -0.4 is 29.4 Å². The molecule has 178 valence electrons.